The van der Waals surface area contributed by atoms with Crippen molar-refractivity contribution in [2.75, 3.05) is 5.32 Å². The van der Waals surface area contributed by atoms with E-state index in [1.165, 1.54) is 0 Å². The van der Waals surface area contributed by atoms with Gasteiger partial charge in [-0.25, -0.2) is 9.37 Å². The van der Waals surface area contributed by atoms with E-state index in [-0.39, 0.29) is 11.9 Å². The lowest BCUT2D eigenvalue weighted by Gasteiger charge is -2.31. The van der Waals surface area contributed by atoms with Crippen molar-refractivity contribution in [3.05, 3.63) is 23.6 Å². The molecule has 2 atom stereocenters. The number of nitrogens with two attached hydrogens (primary N) is 1. The van der Waals surface area contributed by atoms with Crippen molar-refractivity contribution in [3.63, 3.8) is 0 Å². The minimum atomic E-state index is -4.60. The van der Waals surface area contributed by atoms with Gasteiger partial charge in [0, 0.05) is 12.2 Å². The molecule has 0 bridgehead atoms. The molecule has 0 aliphatic heterocycles. The van der Waals surface area contributed by atoms with Crippen LogP contribution in [-0.4, -0.2) is 16.6 Å². The first-order valence-electron chi connectivity index (χ1n) is 5.99. The summed E-state index contributed by atoms with van der Waals surface area (Å²) in [6.07, 6.45) is -1.55. The highest BCUT2D eigenvalue weighted by Crippen LogP contribution is 2.34. The number of hydrogen-bond donors (Lipinski definition) is 2. The molecule has 1 heterocycles. The second-order valence-electron chi connectivity index (χ2n) is 5.09. The maximum atomic E-state index is 13.7. The van der Waals surface area contributed by atoms with E-state index in [2.05, 4.69) is 10.3 Å². The molecule has 3 nitrogen and oxygen atoms in total. The van der Waals surface area contributed by atoms with Crippen LogP contribution in [0.5, 0.6) is 0 Å². The van der Waals surface area contributed by atoms with Crippen LogP contribution in [0.25, 0.3) is 0 Å². The Morgan fingerprint density at radius 3 is 2.63 bits per heavy atom. The van der Waals surface area contributed by atoms with E-state index in [0.717, 1.165) is 19.3 Å². The van der Waals surface area contributed by atoms with Crippen molar-refractivity contribution in [1.29, 1.82) is 0 Å². The number of alkyl halides is 3. The summed E-state index contributed by atoms with van der Waals surface area (Å²) in [6, 6.07) is 0.273. The van der Waals surface area contributed by atoms with Crippen molar-refractivity contribution in [2.45, 2.75) is 43.9 Å². The van der Waals surface area contributed by atoms with Gasteiger partial charge in [-0.3, -0.25) is 0 Å². The highest BCUT2D eigenvalue weighted by Gasteiger charge is 2.38. The minimum Gasteiger partial charge on any atom is -0.361 e. The topological polar surface area (TPSA) is 50.9 Å². The van der Waals surface area contributed by atoms with Gasteiger partial charge in [0.05, 0.1) is 11.1 Å². The fourth-order valence-corrected chi connectivity index (χ4v) is 2.30. The first-order chi connectivity index (χ1) is 8.72. The Hall–Kier alpha value is -1.37. The smallest absolute Gasteiger partial charge is 0.361 e. The van der Waals surface area contributed by atoms with E-state index >= 15 is 0 Å². The van der Waals surface area contributed by atoms with E-state index < -0.39 is 23.1 Å². The molecule has 1 aromatic rings. The zero-order valence-corrected chi connectivity index (χ0v) is 10.4. The average molecular weight is 277 g/mol. The van der Waals surface area contributed by atoms with Crippen molar-refractivity contribution in [2.24, 2.45) is 5.73 Å². The SMILES string of the molecule is C[C@]1(Nc2ncc(C(F)(F)F)cc2F)CCC[C@H]1N. The van der Waals surface area contributed by atoms with Crippen molar-refractivity contribution < 1.29 is 17.6 Å². The normalized spacial score (nSPS) is 27.6. The van der Waals surface area contributed by atoms with E-state index in [1.807, 2.05) is 6.92 Å². The monoisotopic (exact) mass is 277 g/mol. The summed E-state index contributed by atoms with van der Waals surface area (Å²) in [7, 11) is 0. The summed E-state index contributed by atoms with van der Waals surface area (Å²) < 4.78 is 50.8. The van der Waals surface area contributed by atoms with Gasteiger partial charge in [-0.1, -0.05) is 0 Å². The molecular weight excluding hydrogens is 262 g/mol. The van der Waals surface area contributed by atoms with Gasteiger partial charge in [-0.05, 0) is 32.3 Å². The van der Waals surface area contributed by atoms with Crippen LogP contribution in [0, 0.1) is 5.82 Å². The van der Waals surface area contributed by atoms with Crippen LogP contribution in [0.4, 0.5) is 23.4 Å². The number of nitrogens with zero attached hydrogens (tertiary/aromatic N) is 1. The van der Waals surface area contributed by atoms with E-state index in [9.17, 15) is 17.6 Å². The van der Waals surface area contributed by atoms with Gasteiger partial charge in [0.25, 0.3) is 0 Å². The molecule has 1 aliphatic carbocycles. The summed E-state index contributed by atoms with van der Waals surface area (Å²) in [5, 5.41) is 2.84. The standard InChI is InChI=1S/C12H15F4N3/c1-11(4-2-3-9(11)17)19-10-8(13)5-7(6-18-10)12(14,15)16/h5-6,9H,2-4,17H2,1H3,(H,18,19)/t9-,11+/m1/s1. The van der Waals surface area contributed by atoms with Crippen LogP contribution in [0.15, 0.2) is 12.3 Å². The second kappa shape index (κ2) is 4.63. The minimum absolute atomic E-state index is 0.170. The van der Waals surface area contributed by atoms with Crippen LogP contribution in [0.2, 0.25) is 0 Å². The summed E-state index contributed by atoms with van der Waals surface area (Å²) in [5.41, 5.74) is 4.28. The molecule has 106 valence electrons. The maximum Gasteiger partial charge on any atom is 0.417 e. The number of aromatic nitrogens is 1. The number of halogens is 4. The van der Waals surface area contributed by atoms with Crippen LogP contribution in [-0.2, 0) is 6.18 Å². The van der Waals surface area contributed by atoms with E-state index in [1.54, 1.807) is 0 Å². The van der Waals surface area contributed by atoms with Gasteiger partial charge >= 0.3 is 6.18 Å². The maximum absolute atomic E-state index is 13.7. The predicted molar refractivity (Wildman–Crippen MR) is 63.1 cm³/mol. The van der Waals surface area contributed by atoms with Crippen LogP contribution in [0.1, 0.15) is 31.7 Å². The third kappa shape index (κ3) is 2.80. The van der Waals surface area contributed by atoms with E-state index in [0.29, 0.717) is 12.3 Å². The molecule has 19 heavy (non-hydrogen) atoms. The molecule has 7 heteroatoms. The lowest BCUT2D eigenvalue weighted by Crippen LogP contribution is -2.47. The van der Waals surface area contributed by atoms with Gasteiger partial charge in [-0.15, -0.1) is 0 Å². The third-order valence-corrected chi connectivity index (χ3v) is 3.60. The average Bonchev–Trinajstić information content (AvgIpc) is 2.61. The lowest BCUT2D eigenvalue weighted by atomic mass is 9.96. The van der Waals surface area contributed by atoms with Gasteiger partial charge in [-0.2, -0.15) is 13.2 Å². The predicted octanol–water partition coefficient (Wildman–Crippen LogP) is 2.92. The molecule has 2 rings (SSSR count). The molecule has 1 fully saturated rings. The van der Waals surface area contributed by atoms with Crippen LogP contribution < -0.4 is 11.1 Å². The van der Waals surface area contributed by atoms with Gasteiger partial charge in [0.1, 0.15) is 0 Å². The number of pyridine rings is 1. The number of anilines is 1. The molecule has 0 radical (unpaired) electrons. The van der Waals surface area contributed by atoms with Crippen LogP contribution in [0.3, 0.4) is 0 Å². The number of hydrogen-bond acceptors (Lipinski definition) is 3. The third-order valence-electron chi connectivity index (χ3n) is 3.60. The Morgan fingerprint density at radius 2 is 2.16 bits per heavy atom. The molecule has 0 unspecified atom stereocenters. The largest absolute Gasteiger partial charge is 0.417 e. The molecule has 1 aliphatic rings. The molecule has 1 aromatic heterocycles. The van der Waals surface area contributed by atoms with Gasteiger partial charge < -0.3 is 11.1 Å². The molecule has 0 saturated heterocycles. The molecule has 1 saturated carbocycles. The van der Waals surface area contributed by atoms with Gasteiger partial charge in [0.15, 0.2) is 11.6 Å². The zero-order chi connectivity index (χ0) is 14.3. The molecule has 0 amide bonds. The Labute approximate surface area is 108 Å². The molecule has 0 spiro atoms. The Balaban J connectivity index is 2.23. The summed E-state index contributed by atoms with van der Waals surface area (Å²) in [5.74, 6) is -1.21. The Kier molecular flexibility index (Phi) is 3.42. The Morgan fingerprint density at radius 1 is 1.47 bits per heavy atom. The molecule has 3 N–H and O–H groups in total. The summed E-state index contributed by atoms with van der Waals surface area (Å²) >= 11 is 0. The van der Waals surface area contributed by atoms with Crippen LogP contribution >= 0.6 is 0 Å². The highest BCUT2D eigenvalue weighted by molar-refractivity contribution is 5.42. The quantitative estimate of drug-likeness (QED) is 0.817. The number of nitrogens with one attached hydrogen (secondary N) is 1. The van der Waals surface area contributed by atoms with Crippen molar-refractivity contribution in [1.82, 2.24) is 4.98 Å². The number of rotatable bonds is 2. The van der Waals surface area contributed by atoms with Crippen molar-refractivity contribution in [3.8, 4) is 0 Å². The summed E-state index contributed by atoms with van der Waals surface area (Å²) in [4.78, 5) is 3.53. The fourth-order valence-electron chi connectivity index (χ4n) is 2.30. The highest BCUT2D eigenvalue weighted by atomic mass is 19.4. The van der Waals surface area contributed by atoms with Crippen molar-refractivity contribution >= 4 is 5.82 Å². The second-order valence-corrected chi connectivity index (χ2v) is 5.09. The zero-order valence-electron chi connectivity index (χ0n) is 10.4. The van der Waals surface area contributed by atoms with Gasteiger partial charge in [0.2, 0.25) is 0 Å². The molecular formula is C12H15F4N3. The summed E-state index contributed by atoms with van der Waals surface area (Å²) in [6.45, 7) is 1.82. The first kappa shape index (κ1) is 14.0. The lowest BCUT2D eigenvalue weighted by molar-refractivity contribution is -0.138. The fraction of sp³-hybridized carbons (Fsp3) is 0.583. The van der Waals surface area contributed by atoms with E-state index in [4.69, 9.17) is 5.73 Å². The Bertz CT molecular complexity index is 475. The first-order valence-corrected chi connectivity index (χ1v) is 5.99. The molecule has 0 aromatic carbocycles.